The van der Waals surface area contributed by atoms with Crippen molar-refractivity contribution in [1.82, 2.24) is 5.43 Å². The first-order valence-corrected chi connectivity index (χ1v) is 13.2. The van der Waals surface area contributed by atoms with Gasteiger partial charge in [-0.05, 0) is 106 Å². The molecule has 37 heavy (non-hydrogen) atoms. The topological polar surface area (TPSA) is 98.3 Å². The lowest BCUT2D eigenvalue weighted by Crippen LogP contribution is -2.20. The van der Waals surface area contributed by atoms with E-state index in [9.17, 15) is 9.59 Å². The zero-order chi connectivity index (χ0) is 26.8. The van der Waals surface area contributed by atoms with Crippen LogP contribution in [-0.2, 0) is 4.79 Å². The van der Waals surface area contributed by atoms with Crippen LogP contribution in [0.2, 0.25) is 5.02 Å². The standard InChI is InChI=1S/C26H24Br2ClN3O5/c1-3-35-22-10-5-17(13-23(22)36-4-2)26(34)32-30-14-16-11-20(27)25(21(28)12-16)37-15-24(33)31-19-8-6-18(29)7-9-19/h5-14H,3-4,15H2,1-2H3,(H,31,33)(H,32,34)/b30-14+. The van der Waals surface area contributed by atoms with Gasteiger partial charge < -0.3 is 19.5 Å². The summed E-state index contributed by atoms with van der Waals surface area (Å²) in [5.41, 5.74) is 4.18. The number of nitrogens with one attached hydrogen (secondary N) is 2. The molecule has 0 heterocycles. The Morgan fingerprint density at radius 2 is 1.57 bits per heavy atom. The Bertz CT molecular complexity index is 1260. The molecular weight excluding hydrogens is 630 g/mol. The second-order valence-electron chi connectivity index (χ2n) is 7.38. The Morgan fingerprint density at radius 3 is 2.22 bits per heavy atom. The monoisotopic (exact) mass is 651 g/mol. The van der Waals surface area contributed by atoms with Crippen molar-refractivity contribution in [3.63, 3.8) is 0 Å². The van der Waals surface area contributed by atoms with Gasteiger partial charge in [-0.1, -0.05) is 11.6 Å². The number of anilines is 1. The largest absolute Gasteiger partial charge is 0.490 e. The molecule has 11 heteroatoms. The van der Waals surface area contributed by atoms with E-state index in [1.807, 2.05) is 13.8 Å². The van der Waals surface area contributed by atoms with Crippen molar-refractivity contribution in [1.29, 1.82) is 0 Å². The van der Waals surface area contributed by atoms with Crippen LogP contribution in [0.3, 0.4) is 0 Å². The van der Waals surface area contributed by atoms with Gasteiger partial charge in [0.2, 0.25) is 0 Å². The van der Waals surface area contributed by atoms with E-state index in [1.54, 1.807) is 54.6 Å². The number of halogens is 3. The third-order valence-corrected chi connectivity index (χ3v) is 6.11. The SMILES string of the molecule is CCOc1ccc(C(=O)N/N=C/c2cc(Br)c(OCC(=O)Nc3ccc(Cl)cc3)c(Br)c2)cc1OCC. The fourth-order valence-corrected chi connectivity index (χ4v) is 4.66. The van der Waals surface area contributed by atoms with Crippen LogP contribution in [0.25, 0.3) is 0 Å². The van der Waals surface area contributed by atoms with Gasteiger partial charge in [0, 0.05) is 16.3 Å². The Balaban J connectivity index is 1.59. The molecule has 8 nitrogen and oxygen atoms in total. The fourth-order valence-electron chi connectivity index (χ4n) is 3.08. The second kappa shape index (κ2) is 14.0. The molecule has 0 aliphatic rings. The van der Waals surface area contributed by atoms with E-state index in [0.29, 0.717) is 61.2 Å². The quantitative estimate of drug-likeness (QED) is 0.183. The van der Waals surface area contributed by atoms with Crippen LogP contribution in [0.4, 0.5) is 5.69 Å². The summed E-state index contributed by atoms with van der Waals surface area (Å²) in [7, 11) is 0. The lowest BCUT2D eigenvalue weighted by atomic mass is 10.2. The Morgan fingerprint density at radius 1 is 0.919 bits per heavy atom. The number of hydrogen-bond acceptors (Lipinski definition) is 6. The number of carbonyl (C=O) groups is 2. The summed E-state index contributed by atoms with van der Waals surface area (Å²) in [4.78, 5) is 24.8. The predicted molar refractivity (Wildman–Crippen MR) is 151 cm³/mol. The third kappa shape index (κ3) is 8.48. The Hall–Kier alpha value is -3.08. The molecule has 0 spiro atoms. The van der Waals surface area contributed by atoms with E-state index in [1.165, 1.54) is 6.21 Å². The van der Waals surface area contributed by atoms with E-state index in [4.69, 9.17) is 25.8 Å². The maximum atomic E-state index is 12.5. The van der Waals surface area contributed by atoms with Crippen molar-refractivity contribution in [3.05, 3.63) is 79.7 Å². The Kier molecular flexibility index (Phi) is 10.8. The first-order chi connectivity index (χ1) is 17.8. The van der Waals surface area contributed by atoms with Gasteiger partial charge in [-0.3, -0.25) is 9.59 Å². The average Bonchev–Trinajstić information content (AvgIpc) is 2.86. The fraction of sp³-hybridized carbons (Fsp3) is 0.192. The molecule has 0 saturated heterocycles. The minimum Gasteiger partial charge on any atom is -0.490 e. The molecule has 3 aromatic carbocycles. The first-order valence-electron chi connectivity index (χ1n) is 11.2. The number of rotatable bonds is 11. The smallest absolute Gasteiger partial charge is 0.271 e. The summed E-state index contributed by atoms with van der Waals surface area (Å²) in [6.07, 6.45) is 1.49. The van der Waals surface area contributed by atoms with Crippen molar-refractivity contribution in [2.75, 3.05) is 25.1 Å². The number of carbonyl (C=O) groups excluding carboxylic acids is 2. The van der Waals surface area contributed by atoms with Crippen LogP contribution in [0.1, 0.15) is 29.8 Å². The number of hydrazone groups is 1. The van der Waals surface area contributed by atoms with Crippen LogP contribution in [0.5, 0.6) is 17.2 Å². The molecule has 0 unspecified atom stereocenters. The molecule has 0 saturated carbocycles. The van der Waals surface area contributed by atoms with E-state index >= 15 is 0 Å². The van der Waals surface area contributed by atoms with Gasteiger partial charge in [0.05, 0.1) is 28.4 Å². The van der Waals surface area contributed by atoms with Gasteiger partial charge in [0.25, 0.3) is 11.8 Å². The molecule has 0 aliphatic heterocycles. The summed E-state index contributed by atoms with van der Waals surface area (Å²) >= 11 is 12.7. The summed E-state index contributed by atoms with van der Waals surface area (Å²) in [6.45, 7) is 4.46. The maximum absolute atomic E-state index is 12.5. The van der Waals surface area contributed by atoms with Crippen LogP contribution < -0.4 is 25.0 Å². The lowest BCUT2D eigenvalue weighted by Gasteiger charge is -2.12. The van der Waals surface area contributed by atoms with Crippen LogP contribution >= 0.6 is 43.5 Å². The second-order valence-corrected chi connectivity index (χ2v) is 9.53. The van der Waals surface area contributed by atoms with Crippen LogP contribution in [0, 0.1) is 0 Å². The van der Waals surface area contributed by atoms with E-state index < -0.39 is 5.91 Å². The molecule has 3 aromatic rings. The highest BCUT2D eigenvalue weighted by atomic mass is 79.9. The van der Waals surface area contributed by atoms with Gasteiger partial charge in [-0.25, -0.2) is 5.43 Å². The molecule has 3 rings (SSSR count). The van der Waals surface area contributed by atoms with Gasteiger partial charge in [-0.2, -0.15) is 5.10 Å². The predicted octanol–water partition coefficient (Wildman–Crippen LogP) is 6.44. The molecule has 2 amide bonds. The highest BCUT2D eigenvalue weighted by Gasteiger charge is 2.13. The van der Waals surface area contributed by atoms with Crippen LogP contribution in [-0.4, -0.2) is 37.8 Å². The molecule has 0 bridgehead atoms. The highest BCUT2D eigenvalue weighted by molar-refractivity contribution is 9.11. The van der Waals surface area contributed by atoms with Crippen molar-refractivity contribution < 1.29 is 23.8 Å². The van der Waals surface area contributed by atoms with E-state index in [0.717, 1.165) is 0 Å². The highest BCUT2D eigenvalue weighted by Crippen LogP contribution is 2.34. The van der Waals surface area contributed by atoms with Crippen molar-refractivity contribution in [2.45, 2.75) is 13.8 Å². The molecule has 0 aliphatic carbocycles. The number of hydrogen-bond donors (Lipinski definition) is 2. The van der Waals surface area contributed by atoms with E-state index in [2.05, 4.69) is 47.7 Å². The minimum absolute atomic E-state index is 0.199. The zero-order valence-electron chi connectivity index (χ0n) is 20.0. The molecule has 0 fully saturated rings. The molecular formula is C26H24Br2ClN3O5. The van der Waals surface area contributed by atoms with Crippen LogP contribution in [0.15, 0.2) is 68.6 Å². The number of ether oxygens (including phenoxy) is 3. The number of nitrogens with zero attached hydrogens (tertiary/aromatic N) is 1. The van der Waals surface area contributed by atoms with Crippen molar-refractivity contribution >= 4 is 67.2 Å². The lowest BCUT2D eigenvalue weighted by molar-refractivity contribution is -0.118. The average molecular weight is 654 g/mol. The molecule has 0 atom stereocenters. The van der Waals surface area contributed by atoms with E-state index in [-0.39, 0.29) is 12.5 Å². The molecule has 2 N–H and O–H groups in total. The summed E-state index contributed by atoms with van der Waals surface area (Å²) in [5, 5.41) is 7.35. The first kappa shape index (κ1) is 28.5. The molecule has 194 valence electrons. The molecule has 0 radical (unpaired) electrons. The summed E-state index contributed by atoms with van der Waals surface area (Å²) in [6, 6.07) is 15.2. The zero-order valence-corrected chi connectivity index (χ0v) is 23.9. The number of amides is 2. The van der Waals surface area contributed by atoms with Gasteiger partial charge in [-0.15, -0.1) is 0 Å². The van der Waals surface area contributed by atoms with Crippen molar-refractivity contribution in [2.24, 2.45) is 5.10 Å². The maximum Gasteiger partial charge on any atom is 0.271 e. The summed E-state index contributed by atoms with van der Waals surface area (Å²) < 4.78 is 18.0. The summed E-state index contributed by atoms with van der Waals surface area (Å²) in [5.74, 6) is 0.793. The minimum atomic E-state index is -0.398. The van der Waals surface area contributed by atoms with Gasteiger partial charge in [0.1, 0.15) is 5.75 Å². The Labute approximate surface area is 236 Å². The van der Waals surface area contributed by atoms with Gasteiger partial charge >= 0.3 is 0 Å². The molecule has 0 aromatic heterocycles. The normalized spacial score (nSPS) is 10.7. The number of benzene rings is 3. The third-order valence-electron chi connectivity index (χ3n) is 4.68. The van der Waals surface area contributed by atoms with Crippen molar-refractivity contribution in [3.8, 4) is 17.2 Å². The van der Waals surface area contributed by atoms with Gasteiger partial charge in [0.15, 0.2) is 18.1 Å².